The molecular weight excluding hydrogens is 309 g/mol. The van der Waals surface area contributed by atoms with Crippen LogP contribution < -0.4 is 0 Å². The van der Waals surface area contributed by atoms with E-state index in [4.69, 9.17) is 10.5 Å². The predicted molar refractivity (Wildman–Crippen MR) is 88.2 cm³/mol. The van der Waals surface area contributed by atoms with E-state index < -0.39 is 0 Å². The molecule has 1 aromatic carbocycles. The minimum Gasteiger partial charge on any atom is -0.316 e. The Morgan fingerprint density at radius 1 is 1.04 bits per heavy atom. The van der Waals surface area contributed by atoms with Gasteiger partial charge in [-0.25, -0.2) is 4.39 Å². The summed E-state index contributed by atoms with van der Waals surface area (Å²) in [4.78, 5) is 1.84. The van der Waals surface area contributed by atoms with E-state index in [1.54, 1.807) is 18.2 Å². The van der Waals surface area contributed by atoms with Crippen LogP contribution in [0.5, 0.6) is 0 Å². The number of nitrogens with zero attached hydrogens (tertiary/aromatic N) is 3. The van der Waals surface area contributed by atoms with Crippen LogP contribution in [-0.4, -0.2) is 4.57 Å². The predicted octanol–water partition coefficient (Wildman–Crippen LogP) is 4.78. The lowest BCUT2D eigenvalue weighted by atomic mass is 10.2. The lowest BCUT2D eigenvalue weighted by molar-refractivity contribution is 0.627. The van der Waals surface area contributed by atoms with Crippen LogP contribution in [0.15, 0.2) is 60.3 Å². The van der Waals surface area contributed by atoms with Gasteiger partial charge in [-0.2, -0.15) is 10.5 Å². The zero-order chi connectivity index (χ0) is 16.2. The molecule has 0 spiro atoms. The third-order valence-corrected chi connectivity index (χ3v) is 4.32. The Morgan fingerprint density at radius 3 is 2.48 bits per heavy atom. The highest BCUT2D eigenvalue weighted by molar-refractivity contribution is 7.16. The van der Waals surface area contributed by atoms with Crippen LogP contribution in [0.3, 0.4) is 0 Å². The number of allylic oxidation sites excluding steroid dienone is 1. The molecular formula is C18H10FN3S. The van der Waals surface area contributed by atoms with Gasteiger partial charge in [0.2, 0.25) is 0 Å². The van der Waals surface area contributed by atoms with Gasteiger partial charge in [0.1, 0.15) is 23.5 Å². The van der Waals surface area contributed by atoms with E-state index >= 15 is 0 Å². The molecule has 0 radical (unpaired) electrons. The van der Waals surface area contributed by atoms with Crippen molar-refractivity contribution in [2.75, 3.05) is 0 Å². The van der Waals surface area contributed by atoms with Crippen LogP contribution in [0.25, 0.3) is 22.3 Å². The number of nitriles is 2. The van der Waals surface area contributed by atoms with Crippen molar-refractivity contribution >= 4 is 17.4 Å². The van der Waals surface area contributed by atoms with Crippen LogP contribution >= 0.6 is 11.3 Å². The van der Waals surface area contributed by atoms with Crippen LogP contribution in [0.2, 0.25) is 0 Å². The maximum absolute atomic E-state index is 13.1. The fourth-order valence-electron chi connectivity index (χ4n) is 2.21. The van der Waals surface area contributed by atoms with Gasteiger partial charge in [-0.3, -0.25) is 0 Å². The molecule has 0 aliphatic carbocycles. The highest BCUT2D eigenvalue weighted by Gasteiger charge is 2.09. The van der Waals surface area contributed by atoms with E-state index in [2.05, 4.69) is 0 Å². The molecule has 3 aromatic rings. The normalized spacial score (nSPS) is 9.87. The molecule has 0 N–H and O–H groups in total. The molecule has 0 unspecified atom stereocenters. The van der Waals surface area contributed by atoms with Crippen LogP contribution in [0, 0.1) is 28.5 Å². The van der Waals surface area contributed by atoms with Gasteiger partial charge in [0.15, 0.2) is 0 Å². The minimum atomic E-state index is -0.272. The number of rotatable bonds is 3. The van der Waals surface area contributed by atoms with Gasteiger partial charge in [-0.15, -0.1) is 11.3 Å². The summed E-state index contributed by atoms with van der Waals surface area (Å²) in [5, 5.41) is 17.6. The second kappa shape index (κ2) is 6.31. The van der Waals surface area contributed by atoms with Crippen LogP contribution in [0.1, 0.15) is 4.88 Å². The largest absolute Gasteiger partial charge is 0.316 e. The first-order valence-electron chi connectivity index (χ1n) is 6.76. The molecule has 110 valence electrons. The molecule has 0 saturated heterocycles. The van der Waals surface area contributed by atoms with E-state index in [9.17, 15) is 4.39 Å². The average molecular weight is 319 g/mol. The van der Waals surface area contributed by atoms with E-state index in [0.717, 1.165) is 21.1 Å². The Morgan fingerprint density at radius 2 is 1.78 bits per heavy atom. The van der Waals surface area contributed by atoms with Gasteiger partial charge in [0.25, 0.3) is 0 Å². The van der Waals surface area contributed by atoms with Crippen molar-refractivity contribution in [3.63, 3.8) is 0 Å². The van der Waals surface area contributed by atoms with E-state index in [1.807, 2.05) is 47.2 Å². The smallest absolute Gasteiger partial charge is 0.131 e. The van der Waals surface area contributed by atoms with Gasteiger partial charge < -0.3 is 4.57 Å². The zero-order valence-corrected chi connectivity index (χ0v) is 12.7. The molecule has 0 amide bonds. The molecule has 2 aromatic heterocycles. The highest BCUT2D eigenvalue weighted by atomic mass is 32.1. The molecule has 0 aliphatic heterocycles. The summed E-state index contributed by atoms with van der Waals surface area (Å²) >= 11 is 1.49. The second-order valence-electron chi connectivity index (χ2n) is 4.72. The van der Waals surface area contributed by atoms with Crippen molar-refractivity contribution in [2.45, 2.75) is 0 Å². The highest BCUT2D eigenvalue weighted by Crippen LogP contribution is 2.31. The Hall–Kier alpha value is -3.15. The van der Waals surface area contributed by atoms with Gasteiger partial charge in [-0.05, 0) is 54.6 Å². The quantitative estimate of drug-likeness (QED) is 0.653. The Bertz CT molecular complexity index is 933. The van der Waals surface area contributed by atoms with Crippen LogP contribution in [-0.2, 0) is 0 Å². The zero-order valence-electron chi connectivity index (χ0n) is 11.9. The first kappa shape index (κ1) is 14.8. The van der Waals surface area contributed by atoms with E-state index in [1.165, 1.54) is 23.5 Å². The van der Waals surface area contributed by atoms with Crippen molar-refractivity contribution in [1.82, 2.24) is 4.57 Å². The van der Waals surface area contributed by atoms with E-state index in [-0.39, 0.29) is 11.4 Å². The van der Waals surface area contributed by atoms with Gasteiger partial charge in [0, 0.05) is 16.8 Å². The number of aromatic nitrogens is 1. The van der Waals surface area contributed by atoms with Gasteiger partial charge >= 0.3 is 0 Å². The second-order valence-corrected chi connectivity index (χ2v) is 5.84. The van der Waals surface area contributed by atoms with Crippen LogP contribution in [0.4, 0.5) is 4.39 Å². The van der Waals surface area contributed by atoms with Crippen molar-refractivity contribution in [2.24, 2.45) is 0 Å². The number of halogens is 1. The monoisotopic (exact) mass is 319 g/mol. The molecule has 5 heteroatoms. The maximum atomic E-state index is 13.1. The number of hydrogen-bond acceptors (Lipinski definition) is 3. The molecule has 23 heavy (non-hydrogen) atoms. The summed E-state index contributed by atoms with van der Waals surface area (Å²) in [6, 6.07) is 17.7. The molecule has 0 atom stereocenters. The summed E-state index contributed by atoms with van der Waals surface area (Å²) in [5.74, 6) is -0.272. The molecule has 0 saturated carbocycles. The van der Waals surface area contributed by atoms with Gasteiger partial charge in [0.05, 0.1) is 10.6 Å². The number of hydrogen-bond donors (Lipinski definition) is 0. The fraction of sp³-hybridized carbons (Fsp3) is 0. The number of thiophene rings is 1. The average Bonchev–Trinajstić information content (AvgIpc) is 3.22. The minimum absolute atomic E-state index is 0.0762. The Kier molecular flexibility index (Phi) is 4.05. The molecule has 3 rings (SSSR count). The maximum Gasteiger partial charge on any atom is 0.131 e. The third kappa shape index (κ3) is 3.06. The van der Waals surface area contributed by atoms with Crippen molar-refractivity contribution in [1.29, 1.82) is 10.5 Å². The third-order valence-electron chi connectivity index (χ3n) is 3.26. The molecule has 0 fully saturated rings. The van der Waals surface area contributed by atoms with Crippen molar-refractivity contribution < 1.29 is 4.39 Å². The van der Waals surface area contributed by atoms with Crippen molar-refractivity contribution in [3.05, 3.63) is 71.0 Å². The summed E-state index contributed by atoms with van der Waals surface area (Å²) < 4.78 is 15.0. The molecule has 2 heterocycles. The lowest BCUT2D eigenvalue weighted by Gasteiger charge is -2.07. The summed E-state index contributed by atoms with van der Waals surface area (Å²) in [6.45, 7) is 0. The summed E-state index contributed by atoms with van der Waals surface area (Å²) in [7, 11) is 0. The number of benzene rings is 1. The molecule has 0 bridgehead atoms. The first-order chi connectivity index (χ1) is 11.2. The molecule has 0 aliphatic rings. The SMILES string of the molecule is N#CC(C#N)=Cc1ccc(-c2cccn2-c2ccc(F)cc2)s1. The van der Waals surface area contributed by atoms with Crippen molar-refractivity contribution in [3.8, 4) is 28.4 Å². The fourth-order valence-corrected chi connectivity index (χ4v) is 3.18. The summed E-state index contributed by atoms with van der Waals surface area (Å²) in [5.41, 5.74) is 1.91. The van der Waals surface area contributed by atoms with Gasteiger partial charge in [-0.1, -0.05) is 0 Å². The van der Waals surface area contributed by atoms with E-state index in [0.29, 0.717) is 0 Å². The topological polar surface area (TPSA) is 52.5 Å². The molecule has 3 nitrogen and oxygen atoms in total. The lowest BCUT2D eigenvalue weighted by Crippen LogP contribution is -1.93. The standard InChI is InChI=1S/C18H10FN3S/c19-14-3-5-15(6-4-14)22-9-1-2-17(22)18-8-7-16(23-18)10-13(11-20)12-21/h1-10H. The Balaban J connectivity index is 1.99. The Labute approximate surface area is 136 Å². The summed E-state index contributed by atoms with van der Waals surface area (Å²) in [6.07, 6.45) is 3.48. The first-order valence-corrected chi connectivity index (χ1v) is 7.58.